The fourth-order valence-corrected chi connectivity index (χ4v) is 3.51. The van der Waals surface area contributed by atoms with Gasteiger partial charge in [-0.2, -0.15) is 0 Å². The number of carbonyl (C=O) groups excluding carboxylic acids is 2. The van der Waals surface area contributed by atoms with E-state index >= 15 is 0 Å². The molecule has 8 nitrogen and oxygen atoms in total. The van der Waals surface area contributed by atoms with E-state index in [0.717, 1.165) is 0 Å². The van der Waals surface area contributed by atoms with E-state index in [1.807, 2.05) is 0 Å². The third-order valence-corrected chi connectivity index (χ3v) is 4.92. The Balaban J connectivity index is 2.75. The fourth-order valence-electron chi connectivity index (χ4n) is 3.51. The molecule has 1 aliphatic heterocycles. The van der Waals surface area contributed by atoms with Gasteiger partial charge in [0.15, 0.2) is 11.5 Å². The summed E-state index contributed by atoms with van der Waals surface area (Å²) in [6.45, 7) is 9.19. The summed E-state index contributed by atoms with van der Waals surface area (Å²) in [7, 11) is 4.43. The highest BCUT2D eigenvalue weighted by Gasteiger charge is 2.64. The van der Waals surface area contributed by atoms with Crippen LogP contribution in [-0.2, 0) is 23.8 Å². The summed E-state index contributed by atoms with van der Waals surface area (Å²) in [6.07, 6.45) is -1.63. The first-order valence-electron chi connectivity index (χ1n) is 9.32. The number of carbonyl (C=O) groups is 2. The maximum Gasteiger partial charge on any atom is 0.330 e. The molecule has 1 aromatic carbocycles. The highest BCUT2D eigenvalue weighted by molar-refractivity contribution is 6.05. The Hall–Kier alpha value is -2.74. The molecule has 2 rings (SSSR count). The Bertz CT molecular complexity index is 742. The molecule has 160 valence electrons. The van der Waals surface area contributed by atoms with Gasteiger partial charge >= 0.3 is 11.9 Å². The van der Waals surface area contributed by atoms with Gasteiger partial charge in [-0.25, -0.2) is 0 Å². The van der Waals surface area contributed by atoms with Gasteiger partial charge in [0.25, 0.3) is 0 Å². The third kappa shape index (κ3) is 3.64. The number of ether oxygens (including phenoxy) is 6. The maximum absolute atomic E-state index is 13.1. The minimum Gasteiger partial charge on any atom is -0.493 e. The van der Waals surface area contributed by atoms with Crippen LogP contribution in [0.5, 0.6) is 17.2 Å². The number of hydrogen-bond donors (Lipinski definition) is 0. The summed E-state index contributed by atoms with van der Waals surface area (Å²) in [6, 6.07) is 3.26. The summed E-state index contributed by atoms with van der Waals surface area (Å²) in [5.74, 6) is -0.450. The van der Waals surface area contributed by atoms with E-state index < -0.39 is 29.6 Å². The topological polar surface area (TPSA) is 89.5 Å². The quantitative estimate of drug-likeness (QED) is 0.369. The van der Waals surface area contributed by atoms with Gasteiger partial charge in [0.05, 0.1) is 40.6 Å². The van der Waals surface area contributed by atoms with Crippen molar-refractivity contribution in [3.8, 4) is 17.2 Å². The van der Waals surface area contributed by atoms with Gasteiger partial charge in [-0.3, -0.25) is 9.59 Å². The molecule has 0 amide bonds. The second kappa shape index (κ2) is 9.17. The average Bonchev–Trinajstić information content (AvgIpc) is 2.99. The van der Waals surface area contributed by atoms with Crippen molar-refractivity contribution in [3.05, 3.63) is 29.8 Å². The normalized spacial score (nSPS) is 20.1. The summed E-state index contributed by atoms with van der Waals surface area (Å²) < 4.78 is 32.7. The van der Waals surface area contributed by atoms with Gasteiger partial charge in [-0.15, -0.1) is 0 Å². The standard InChI is InChI=1S/C21H28O8/c1-8-27-19(22)21(20(23)28-9-2)12(3)13(4)29-18(21)14-10-15(24-5)17(26-7)16(11-14)25-6/h10-11,13,18H,3,8-9H2,1-2,4-7H3. The molecule has 1 heterocycles. The van der Waals surface area contributed by atoms with Gasteiger partial charge in [-0.1, -0.05) is 6.58 Å². The lowest BCUT2D eigenvalue weighted by Gasteiger charge is -2.30. The molecule has 0 bridgehead atoms. The molecule has 0 aliphatic carbocycles. The van der Waals surface area contributed by atoms with E-state index in [0.29, 0.717) is 22.8 Å². The van der Waals surface area contributed by atoms with E-state index in [1.54, 1.807) is 32.9 Å². The molecule has 8 heteroatoms. The molecule has 0 aromatic heterocycles. The number of benzene rings is 1. The van der Waals surface area contributed by atoms with Crippen LogP contribution in [-0.4, -0.2) is 52.6 Å². The molecule has 0 saturated carbocycles. The van der Waals surface area contributed by atoms with E-state index in [2.05, 4.69) is 6.58 Å². The number of methoxy groups -OCH3 is 3. The first-order chi connectivity index (χ1) is 13.8. The van der Waals surface area contributed by atoms with E-state index in [-0.39, 0.29) is 18.8 Å². The van der Waals surface area contributed by atoms with Gasteiger partial charge in [0, 0.05) is 0 Å². The summed E-state index contributed by atoms with van der Waals surface area (Å²) in [4.78, 5) is 26.2. The van der Waals surface area contributed by atoms with Crippen molar-refractivity contribution in [2.45, 2.75) is 33.0 Å². The monoisotopic (exact) mass is 408 g/mol. The van der Waals surface area contributed by atoms with Gasteiger partial charge in [0.2, 0.25) is 11.2 Å². The van der Waals surface area contributed by atoms with Crippen molar-refractivity contribution in [2.75, 3.05) is 34.5 Å². The Kier molecular flexibility index (Phi) is 7.13. The van der Waals surface area contributed by atoms with Crippen molar-refractivity contribution in [3.63, 3.8) is 0 Å². The molecule has 1 fully saturated rings. The highest BCUT2D eigenvalue weighted by Crippen LogP contribution is 2.54. The SMILES string of the molecule is C=C1C(C)OC(c2cc(OC)c(OC)c(OC)c2)C1(C(=O)OCC)C(=O)OCC. The van der Waals surface area contributed by atoms with E-state index in [9.17, 15) is 9.59 Å². The zero-order valence-electron chi connectivity index (χ0n) is 17.7. The van der Waals surface area contributed by atoms with E-state index in [4.69, 9.17) is 28.4 Å². The summed E-state index contributed by atoms with van der Waals surface area (Å²) >= 11 is 0. The first kappa shape index (κ1) is 22.5. The van der Waals surface area contributed by atoms with Crippen molar-refractivity contribution >= 4 is 11.9 Å². The number of hydrogen-bond acceptors (Lipinski definition) is 8. The summed E-state index contributed by atoms with van der Waals surface area (Å²) in [5.41, 5.74) is -1.12. The predicted molar refractivity (Wildman–Crippen MR) is 104 cm³/mol. The average molecular weight is 408 g/mol. The molecule has 2 atom stereocenters. The van der Waals surface area contributed by atoms with Crippen molar-refractivity contribution in [2.24, 2.45) is 5.41 Å². The molecule has 0 radical (unpaired) electrons. The van der Waals surface area contributed by atoms with Crippen molar-refractivity contribution in [1.29, 1.82) is 0 Å². The molecule has 29 heavy (non-hydrogen) atoms. The molecule has 1 aromatic rings. The molecular formula is C21H28O8. The Labute approximate surface area is 170 Å². The fraction of sp³-hybridized carbons (Fsp3) is 0.524. The van der Waals surface area contributed by atoms with Crippen LogP contribution >= 0.6 is 0 Å². The van der Waals surface area contributed by atoms with Crippen molar-refractivity contribution in [1.82, 2.24) is 0 Å². The van der Waals surface area contributed by atoms with Crippen molar-refractivity contribution < 1.29 is 38.0 Å². The van der Waals surface area contributed by atoms with Crippen LogP contribution in [0.1, 0.15) is 32.4 Å². The zero-order valence-corrected chi connectivity index (χ0v) is 17.7. The van der Waals surface area contributed by atoms with Crippen LogP contribution in [0.3, 0.4) is 0 Å². The maximum atomic E-state index is 13.1. The van der Waals surface area contributed by atoms with Gasteiger partial charge < -0.3 is 28.4 Å². The lowest BCUT2D eigenvalue weighted by atomic mass is 9.74. The van der Waals surface area contributed by atoms with Crippen LogP contribution in [0.15, 0.2) is 24.3 Å². The largest absolute Gasteiger partial charge is 0.493 e. The molecule has 1 saturated heterocycles. The Morgan fingerprint density at radius 3 is 1.86 bits per heavy atom. The second-order valence-electron chi connectivity index (χ2n) is 6.39. The molecule has 0 spiro atoms. The molecule has 0 N–H and O–H groups in total. The van der Waals surface area contributed by atoms with Crippen LogP contribution in [0, 0.1) is 5.41 Å². The zero-order chi connectivity index (χ0) is 21.8. The van der Waals surface area contributed by atoms with Crippen LogP contribution < -0.4 is 14.2 Å². The smallest absolute Gasteiger partial charge is 0.330 e. The molecule has 2 unspecified atom stereocenters. The van der Waals surface area contributed by atoms with E-state index in [1.165, 1.54) is 21.3 Å². The van der Waals surface area contributed by atoms with Crippen LogP contribution in [0.25, 0.3) is 0 Å². The van der Waals surface area contributed by atoms with Gasteiger partial charge in [0.1, 0.15) is 6.10 Å². The first-order valence-corrected chi connectivity index (χ1v) is 9.32. The molecular weight excluding hydrogens is 380 g/mol. The van der Waals surface area contributed by atoms with Crippen LogP contribution in [0.2, 0.25) is 0 Å². The number of rotatable bonds is 8. The van der Waals surface area contributed by atoms with Crippen LogP contribution in [0.4, 0.5) is 0 Å². The Morgan fingerprint density at radius 2 is 1.48 bits per heavy atom. The Morgan fingerprint density at radius 1 is 1.00 bits per heavy atom. The second-order valence-corrected chi connectivity index (χ2v) is 6.39. The predicted octanol–water partition coefficient (Wildman–Crippen LogP) is 2.84. The lowest BCUT2D eigenvalue weighted by Crippen LogP contribution is -2.45. The summed E-state index contributed by atoms with van der Waals surface area (Å²) in [5, 5.41) is 0. The minimum absolute atomic E-state index is 0.0869. The van der Waals surface area contributed by atoms with Gasteiger partial charge in [-0.05, 0) is 44.0 Å². The lowest BCUT2D eigenvalue weighted by molar-refractivity contribution is -0.174. The highest BCUT2D eigenvalue weighted by atomic mass is 16.6. The number of esters is 2. The third-order valence-electron chi connectivity index (χ3n) is 4.92. The minimum atomic E-state index is -1.85. The molecule has 1 aliphatic rings.